The molecular formula is C27H30O. The summed E-state index contributed by atoms with van der Waals surface area (Å²) in [5.41, 5.74) is 8.51. The Labute approximate surface area is 169 Å². The zero-order valence-corrected chi connectivity index (χ0v) is 17.8. The van der Waals surface area contributed by atoms with E-state index in [4.69, 9.17) is 0 Å². The Bertz CT molecular complexity index is 999. The molecule has 3 aromatic carbocycles. The first-order chi connectivity index (χ1) is 13.1. The van der Waals surface area contributed by atoms with Crippen LogP contribution in [0.4, 0.5) is 0 Å². The van der Waals surface area contributed by atoms with Crippen LogP contribution in [0.5, 0.6) is 5.75 Å². The van der Waals surface area contributed by atoms with Crippen LogP contribution in [-0.2, 0) is 10.8 Å². The average molecular weight is 371 g/mol. The fraction of sp³-hybridized carbons (Fsp3) is 0.333. The van der Waals surface area contributed by atoms with Crippen LogP contribution in [-0.4, -0.2) is 5.11 Å². The van der Waals surface area contributed by atoms with Gasteiger partial charge in [-0.1, -0.05) is 96.1 Å². The molecule has 0 atom stereocenters. The van der Waals surface area contributed by atoms with Crippen LogP contribution in [0.2, 0.25) is 0 Å². The standard InChI is InChI=1S/C27H30O/c1-26(2,3)17-15-22(27(4,5)6)25(23(28)16-17)24-20-13-9-7-11-18(20)19-12-8-10-14-21(19)24/h7-16,24,28H,1-6H3. The van der Waals surface area contributed by atoms with Crippen LogP contribution in [0.25, 0.3) is 11.1 Å². The summed E-state index contributed by atoms with van der Waals surface area (Å²) in [7, 11) is 0. The van der Waals surface area contributed by atoms with Crippen LogP contribution in [0, 0.1) is 0 Å². The number of rotatable bonds is 1. The zero-order chi connectivity index (χ0) is 20.3. The third kappa shape index (κ3) is 2.94. The smallest absolute Gasteiger partial charge is 0.120 e. The van der Waals surface area contributed by atoms with Gasteiger partial charge in [-0.25, -0.2) is 0 Å². The Kier molecular flexibility index (Phi) is 4.19. The van der Waals surface area contributed by atoms with E-state index in [9.17, 15) is 5.11 Å². The molecule has 0 spiro atoms. The molecule has 0 aromatic heterocycles. The summed E-state index contributed by atoms with van der Waals surface area (Å²) in [6, 6.07) is 21.5. The van der Waals surface area contributed by atoms with Gasteiger partial charge in [-0.05, 0) is 50.3 Å². The summed E-state index contributed by atoms with van der Waals surface area (Å²) in [5, 5.41) is 11.3. The molecule has 0 saturated carbocycles. The van der Waals surface area contributed by atoms with E-state index in [-0.39, 0.29) is 16.7 Å². The summed E-state index contributed by atoms with van der Waals surface area (Å²) in [6.45, 7) is 13.3. The highest BCUT2D eigenvalue weighted by Gasteiger charge is 2.35. The molecule has 1 heteroatoms. The van der Waals surface area contributed by atoms with Gasteiger partial charge in [0.2, 0.25) is 0 Å². The maximum absolute atomic E-state index is 11.3. The van der Waals surface area contributed by atoms with Gasteiger partial charge in [-0.2, -0.15) is 0 Å². The maximum atomic E-state index is 11.3. The number of phenolic OH excluding ortho intramolecular Hbond substituents is 1. The topological polar surface area (TPSA) is 20.2 Å². The summed E-state index contributed by atoms with van der Waals surface area (Å²) in [5.74, 6) is 0.476. The molecular weight excluding hydrogens is 340 g/mol. The predicted octanol–water partition coefficient (Wildman–Crippen LogP) is 7.15. The molecule has 1 aliphatic carbocycles. The second kappa shape index (κ2) is 6.24. The second-order valence-electron chi connectivity index (χ2n) is 10.1. The summed E-state index contributed by atoms with van der Waals surface area (Å²) in [6.07, 6.45) is 0. The van der Waals surface area contributed by atoms with Gasteiger partial charge in [0.25, 0.3) is 0 Å². The lowest BCUT2D eigenvalue weighted by Gasteiger charge is -2.31. The van der Waals surface area contributed by atoms with Gasteiger partial charge in [0.05, 0.1) is 0 Å². The molecule has 1 nitrogen and oxygen atoms in total. The van der Waals surface area contributed by atoms with Crippen molar-refractivity contribution in [3.05, 3.63) is 88.5 Å². The molecule has 1 aliphatic rings. The Hall–Kier alpha value is -2.54. The molecule has 3 aromatic rings. The molecule has 0 saturated heterocycles. The largest absolute Gasteiger partial charge is 0.508 e. The van der Waals surface area contributed by atoms with Crippen molar-refractivity contribution in [2.24, 2.45) is 0 Å². The SMILES string of the molecule is CC(C)(C)c1cc(O)c(C2c3ccccc3-c3ccccc32)c(C(C)(C)C)c1. The third-order valence-electron chi connectivity index (χ3n) is 5.95. The van der Waals surface area contributed by atoms with Crippen molar-refractivity contribution in [2.45, 2.75) is 58.3 Å². The predicted molar refractivity (Wildman–Crippen MR) is 118 cm³/mol. The lowest BCUT2D eigenvalue weighted by molar-refractivity contribution is 0.455. The minimum absolute atomic E-state index is 0.0124. The number of aromatic hydroxyl groups is 1. The molecule has 0 aliphatic heterocycles. The Balaban J connectivity index is 2.05. The Morgan fingerprint density at radius 2 is 1.18 bits per heavy atom. The Morgan fingerprint density at radius 3 is 1.64 bits per heavy atom. The lowest BCUT2D eigenvalue weighted by Crippen LogP contribution is -2.20. The van der Waals surface area contributed by atoms with E-state index in [0.29, 0.717) is 5.75 Å². The van der Waals surface area contributed by atoms with Crippen LogP contribution >= 0.6 is 0 Å². The Morgan fingerprint density at radius 1 is 0.679 bits per heavy atom. The van der Waals surface area contributed by atoms with Crippen LogP contribution in [0.3, 0.4) is 0 Å². The van der Waals surface area contributed by atoms with Crippen molar-refractivity contribution in [3.8, 4) is 16.9 Å². The molecule has 0 radical (unpaired) electrons. The molecule has 4 rings (SSSR count). The summed E-state index contributed by atoms with van der Waals surface area (Å²) >= 11 is 0. The number of phenols is 1. The van der Waals surface area contributed by atoms with Crippen LogP contribution in [0.1, 0.15) is 75.3 Å². The minimum Gasteiger partial charge on any atom is -0.508 e. The lowest BCUT2D eigenvalue weighted by atomic mass is 9.74. The van der Waals surface area contributed by atoms with E-state index < -0.39 is 0 Å². The highest BCUT2D eigenvalue weighted by atomic mass is 16.3. The van der Waals surface area contributed by atoms with Gasteiger partial charge in [-0.3, -0.25) is 0 Å². The molecule has 0 bridgehead atoms. The van der Waals surface area contributed by atoms with Crippen LogP contribution < -0.4 is 0 Å². The van der Waals surface area contributed by atoms with Crippen molar-refractivity contribution in [3.63, 3.8) is 0 Å². The van der Waals surface area contributed by atoms with E-state index >= 15 is 0 Å². The summed E-state index contributed by atoms with van der Waals surface area (Å²) < 4.78 is 0. The molecule has 28 heavy (non-hydrogen) atoms. The van der Waals surface area contributed by atoms with Gasteiger partial charge in [0.15, 0.2) is 0 Å². The maximum Gasteiger partial charge on any atom is 0.120 e. The van der Waals surface area contributed by atoms with Crippen molar-refractivity contribution in [1.29, 1.82) is 0 Å². The molecule has 0 fully saturated rings. The molecule has 0 heterocycles. The van der Waals surface area contributed by atoms with E-state index in [2.05, 4.69) is 96.1 Å². The first kappa shape index (κ1) is 18.8. The fourth-order valence-electron chi connectivity index (χ4n) is 4.46. The number of hydrogen-bond donors (Lipinski definition) is 1. The van der Waals surface area contributed by atoms with E-state index in [1.807, 2.05) is 6.07 Å². The van der Waals surface area contributed by atoms with Gasteiger partial charge >= 0.3 is 0 Å². The van der Waals surface area contributed by atoms with E-state index in [0.717, 1.165) is 5.56 Å². The molecule has 0 unspecified atom stereocenters. The van der Waals surface area contributed by atoms with Crippen LogP contribution in [0.15, 0.2) is 60.7 Å². The summed E-state index contributed by atoms with van der Waals surface area (Å²) in [4.78, 5) is 0. The number of fused-ring (bicyclic) bond motifs is 3. The van der Waals surface area contributed by atoms with Gasteiger partial charge in [0.1, 0.15) is 5.75 Å². The highest BCUT2D eigenvalue weighted by molar-refractivity contribution is 5.81. The van der Waals surface area contributed by atoms with Gasteiger partial charge < -0.3 is 5.11 Å². The minimum atomic E-state index is -0.0689. The van der Waals surface area contributed by atoms with Crippen molar-refractivity contribution in [1.82, 2.24) is 0 Å². The molecule has 0 amide bonds. The first-order valence-corrected chi connectivity index (χ1v) is 10.1. The van der Waals surface area contributed by atoms with Crippen molar-refractivity contribution >= 4 is 0 Å². The van der Waals surface area contributed by atoms with Crippen molar-refractivity contribution in [2.75, 3.05) is 0 Å². The number of hydrogen-bond acceptors (Lipinski definition) is 1. The monoisotopic (exact) mass is 370 g/mol. The third-order valence-corrected chi connectivity index (χ3v) is 5.95. The van der Waals surface area contributed by atoms with Crippen molar-refractivity contribution < 1.29 is 5.11 Å². The first-order valence-electron chi connectivity index (χ1n) is 10.1. The normalized spacial score (nSPS) is 14.1. The second-order valence-corrected chi connectivity index (χ2v) is 10.1. The molecule has 144 valence electrons. The van der Waals surface area contributed by atoms with E-state index in [1.54, 1.807) is 0 Å². The zero-order valence-electron chi connectivity index (χ0n) is 17.8. The fourth-order valence-corrected chi connectivity index (χ4v) is 4.46. The highest BCUT2D eigenvalue weighted by Crippen LogP contribution is 2.52. The van der Waals surface area contributed by atoms with Gasteiger partial charge in [0, 0.05) is 11.5 Å². The average Bonchev–Trinajstić information content (AvgIpc) is 2.94. The quantitative estimate of drug-likeness (QED) is 0.377. The number of benzene rings is 3. The van der Waals surface area contributed by atoms with Gasteiger partial charge in [-0.15, -0.1) is 0 Å². The molecule has 1 N–H and O–H groups in total. The van der Waals surface area contributed by atoms with E-state index in [1.165, 1.54) is 33.4 Å².